The van der Waals surface area contributed by atoms with E-state index >= 15 is 0 Å². The standard InChI is InChI=1S/C11H24N2O/c1-4-5-11(12)8-13(9-11)7-6-10(2,3)14/h14H,4-9,12H2,1-3H3. The molecule has 1 heterocycles. The molecule has 1 fully saturated rings. The molecule has 0 spiro atoms. The molecule has 3 N–H and O–H groups in total. The highest BCUT2D eigenvalue weighted by atomic mass is 16.3. The van der Waals surface area contributed by atoms with Gasteiger partial charge in [0.05, 0.1) is 5.60 Å². The van der Waals surface area contributed by atoms with Gasteiger partial charge in [-0.15, -0.1) is 0 Å². The summed E-state index contributed by atoms with van der Waals surface area (Å²) in [5.74, 6) is 0. The Morgan fingerprint density at radius 2 is 2.00 bits per heavy atom. The van der Waals surface area contributed by atoms with Gasteiger partial charge in [-0.25, -0.2) is 0 Å². The van der Waals surface area contributed by atoms with Gasteiger partial charge < -0.3 is 10.8 Å². The van der Waals surface area contributed by atoms with Crippen LogP contribution < -0.4 is 5.73 Å². The second-order valence-electron chi connectivity index (χ2n) is 5.39. The summed E-state index contributed by atoms with van der Waals surface area (Å²) < 4.78 is 0. The molecular weight excluding hydrogens is 176 g/mol. The summed E-state index contributed by atoms with van der Waals surface area (Å²) in [4.78, 5) is 2.33. The third-order valence-electron chi connectivity index (χ3n) is 2.86. The Kier molecular flexibility index (Phi) is 3.56. The molecule has 0 atom stereocenters. The van der Waals surface area contributed by atoms with Crippen molar-refractivity contribution in [2.24, 2.45) is 5.73 Å². The Morgan fingerprint density at radius 1 is 1.43 bits per heavy atom. The van der Waals surface area contributed by atoms with E-state index in [0.29, 0.717) is 0 Å². The maximum atomic E-state index is 9.56. The fraction of sp³-hybridized carbons (Fsp3) is 1.00. The van der Waals surface area contributed by atoms with Crippen molar-refractivity contribution in [2.45, 2.75) is 51.2 Å². The van der Waals surface area contributed by atoms with E-state index in [0.717, 1.165) is 38.9 Å². The molecule has 0 saturated carbocycles. The number of hydrogen-bond acceptors (Lipinski definition) is 3. The molecule has 0 radical (unpaired) electrons. The lowest BCUT2D eigenvalue weighted by atomic mass is 9.86. The van der Waals surface area contributed by atoms with Gasteiger partial charge in [0, 0.05) is 25.2 Å². The Hall–Kier alpha value is -0.120. The van der Waals surface area contributed by atoms with Crippen molar-refractivity contribution in [3.05, 3.63) is 0 Å². The van der Waals surface area contributed by atoms with E-state index in [1.807, 2.05) is 13.8 Å². The highest BCUT2D eigenvalue weighted by Crippen LogP contribution is 2.24. The fourth-order valence-electron chi connectivity index (χ4n) is 2.09. The highest BCUT2D eigenvalue weighted by molar-refractivity contribution is 4.99. The van der Waals surface area contributed by atoms with Crippen molar-refractivity contribution in [1.29, 1.82) is 0 Å². The number of nitrogens with zero attached hydrogens (tertiary/aromatic N) is 1. The SMILES string of the molecule is CCCC1(N)CN(CCC(C)(C)O)C1. The smallest absolute Gasteiger partial charge is 0.0603 e. The number of aliphatic hydroxyl groups is 1. The number of likely N-dealkylation sites (tertiary alicyclic amines) is 1. The van der Waals surface area contributed by atoms with E-state index in [9.17, 15) is 5.11 Å². The zero-order chi connectivity index (χ0) is 10.8. The molecule has 0 amide bonds. The molecule has 0 unspecified atom stereocenters. The lowest BCUT2D eigenvalue weighted by Crippen LogP contribution is -2.67. The lowest BCUT2D eigenvalue weighted by Gasteiger charge is -2.48. The average molecular weight is 200 g/mol. The van der Waals surface area contributed by atoms with Gasteiger partial charge in [-0.3, -0.25) is 4.90 Å². The first-order valence-electron chi connectivity index (χ1n) is 5.58. The summed E-state index contributed by atoms with van der Waals surface area (Å²) in [6.07, 6.45) is 3.11. The second kappa shape index (κ2) is 4.17. The Morgan fingerprint density at radius 3 is 2.43 bits per heavy atom. The van der Waals surface area contributed by atoms with Crippen LogP contribution in [0.25, 0.3) is 0 Å². The van der Waals surface area contributed by atoms with Gasteiger partial charge in [-0.05, 0) is 26.7 Å². The molecule has 0 bridgehead atoms. The van der Waals surface area contributed by atoms with E-state index in [4.69, 9.17) is 5.73 Å². The molecule has 0 aliphatic carbocycles. The van der Waals surface area contributed by atoms with Crippen molar-refractivity contribution in [3.63, 3.8) is 0 Å². The number of nitrogens with two attached hydrogens (primary N) is 1. The minimum atomic E-state index is -0.544. The van der Waals surface area contributed by atoms with Crippen LogP contribution in [0, 0.1) is 0 Å². The van der Waals surface area contributed by atoms with Crippen LogP contribution in [0.5, 0.6) is 0 Å². The van der Waals surface area contributed by atoms with Crippen LogP contribution in [-0.2, 0) is 0 Å². The van der Waals surface area contributed by atoms with Crippen molar-refractivity contribution in [3.8, 4) is 0 Å². The average Bonchev–Trinajstić information content (AvgIpc) is 1.95. The predicted octanol–water partition coefficient (Wildman–Crippen LogP) is 0.961. The van der Waals surface area contributed by atoms with Crippen molar-refractivity contribution >= 4 is 0 Å². The molecule has 1 aliphatic heterocycles. The van der Waals surface area contributed by atoms with Crippen LogP contribution in [-0.4, -0.2) is 40.8 Å². The Labute approximate surface area is 87.3 Å². The Bertz CT molecular complexity index is 180. The van der Waals surface area contributed by atoms with Gasteiger partial charge in [-0.1, -0.05) is 13.3 Å². The normalized spacial score (nSPS) is 22.1. The maximum Gasteiger partial charge on any atom is 0.0603 e. The first-order chi connectivity index (χ1) is 6.35. The number of rotatable bonds is 5. The zero-order valence-corrected chi connectivity index (χ0v) is 9.71. The topological polar surface area (TPSA) is 49.5 Å². The van der Waals surface area contributed by atoms with E-state index in [2.05, 4.69) is 11.8 Å². The van der Waals surface area contributed by atoms with Crippen molar-refractivity contribution in [2.75, 3.05) is 19.6 Å². The van der Waals surface area contributed by atoms with Crippen LogP contribution in [0.3, 0.4) is 0 Å². The van der Waals surface area contributed by atoms with E-state index in [-0.39, 0.29) is 5.54 Å². The fourth-order valence-corrected chi connectivity index (χ4v) is 2.09. The number of hydrogen-bond donors (Lipinski definition) is 2. The third-order valence-corrected chi connectivity index (χ3v) is 2.86. The van der Waals surface area contributed by atoms with Crippen LogP contribution in [0.1, 0.15) is 40.0 Å². The van der Waals surface area contributed by atoms with E-state index in [1.165, 1.54) is 0 Å². The van der Waals surface area contributed by atoms with Gasteiger partial charge >= 0.3 is 0 Å². The van der Waals surface area contributed by atoms with Crippen LogP contribution in [0.15, 0.2) is 0 Å². The van der Waals surface area contributed by atoms with Gasteiger partial charge in [0.25, 0.3) is 0 Å². The molecule has 3 nitrogen and oxygen atoms in total. The predicted molar refractivity (Wildman–Crippen MR) is 59.2 cm³/mol. The minimum absolute atomic E-state index is 0.0638. The van der Waals surface area contributed by atoms with Gasteiger partial charge in [0.1, 0.15) is 0 Å². The van der Waals surface area contributed by atoms with E-state index < -0.39 is 5.60 Å². The largest absolute Gasteiger partial charge is 0.390 e. The monoisotopic (exact) mass is 200 g/mol. The molecule has 1 aliphatic rings. The summed E-state index contributed by atoms with van der Waals surface area (Å²) in [6.45, 7) is 8.84. The molecule has 84 valence electrons. The highest BCUT2D eigenvalue weighted by Gasteiger charge is 2.38. The summed E-state index contributed by atoms with van der Waals surface area (Å²) >= 11 is 0. The quantitative estimate of drug-likeness (QED) is 0.695. The maximum absolute atomic E-state index is 9.56. The molecule has 1 rings (SSSR count). The summed E-state index contributed by atoms with van der Waals surface area (Å²) in [5.41, 5.74) is 5.66. The molecule has 3 heteroatoms. The first kappa shape index (κ1) is 12.0. The molecule has 14 heavy (non-hydrogen) atoms. The van der Waals surface area contributed by atoms with Crippen molar-refractivity contribution < 1.29 is 5.11 Å². The van der Waals surface area contributed by atoms with Gasteiger partial charge in [0.2, 0.25) is 0 Å². The van der Waals surface area contributed by atoms with Crippen molar-refractivity contribution in [1.82, 2.24) is 4.90 Å². The third kappa shape index (κ3) is 3.56. The van der Waals surface area contributed by atoms with Gasteiger partial charge in [-0.2, -0.15) is 0 Å². The van der Waals surface area contributed by atoms with Crippen LogP contribution in [0.2, 0.25) is 0 Å². The zero-order valence-electron chi connectivity index (χ0n) is 9.71. The molecule has 0 aromatic heterocycles. The lowest BCUT2D eigenvalue weighted by molar-refractivity contribution is 0.0179. The van der Waals surface area contributed by atoms with Crippen LogP contribution in [0.4, 0.5) is 0 Å². The van der Waals surface area contributed by atoms with Gasteiger partial charge in [0.15, 0.2) is 0 Å². The summed E-state index contributed by atoms with van der Waals surface area (Å²) in [6, 6.07) is 0. The first-order valence-corrected chi connectivity index (χ1v) is 5.58. The molecule has 1 saturated heterocycles. The van der Waals surface area contributed by atoms with E-state index in [1.54, 1.807) is 0 Å². The summed E-state index contributed by atoms with van der Waals surface area (Å²) in [7, 11) is 0. The Balaban J connectivity index is 2.16. The van der Waals surface area contributed by atoms with Crippen LogP contribution >= 0.6 is 0 Å². The minimum Gasteiger partial charge on any atom is -0.390 e. The second-order valence-corrected chi connectivity index (χ2v) is 5.39. The molecule has 0 aromatic rings. The molecular formula is C11H24N2O. The summed E-state index contributed by atoms with van der Waals surface area (Å²) in [5, 5.41) is 9.56. The molecule has 0 aromatic carbocycles.